The molecular weight excluding hydrogens is 460 g/mol. The van der Waals surface area contributed by atoms with E-state index in [1.165, 1.54) is 30.5 Å². The fraction of sp³-hybridized carbons (Fsp3) is 0.400. The summed E-state index contributed by atoms with van der Waals surface area (Å²) in [7, 11) is -3.56. The first-order valence-electron chi connectivity index (χ1n) is 9.51. The van der Waals surface area contributed by atoms with Gasteiger partial charge in [0.2, 0.25) is 0 Å². The zero-order chi connectivity index (χ0) is 24.3. The standard InChI is InChI=1S/C20H25ClN4O6S/c1-12(2)31-24-17(13-7-8-15(14(21)11-13)32(6,28)29)18(26)23-16-9-10-22-25(16)19(27)30-20(3,4)5/h7-12H,1-6H3,(H,23,26). The van der Waals surface area contributed by atoms with Gasteiger partial charge < -0.3 is 14.9 Å². The van der Waals surface area contributed by atoms with E-state index < -0.39 is 27.4 Å². The normalized spacial score (nSPS) is 12.6. The summed E-state index contributed by atoms with van der Waals surface area (Å²) in [5.41, 5.74) is -0.735. The van der Waals surface area contributed by atoms with Crippen molar-refractivity contribution >= 4 is 45.0 Å². The molecule has 0 atom stereocenters. The maximum absolute atomic E-state index is 13.0. The number of ether oxygens (including phenoxy) is 1. The number of halogens is 1. The molecule has 0 saturated heterocycles. The molecule has 174 valence electrons. The third-order valence-corrected chi connectivity index (χ3v) is 5.21. The summed E-state index contributed by atoms with van der Waals surface area (Å²) in [4.78, 5) is 30.5. The molecule has 1 N–H and O–H groups in total. The summed E-state index contributed by atoms with van der Waals surface area (Å²) in [6.45, 7) is 8.53. The molecule has 1 aromatic heterocycles. The van der Waals surface area contributed by atoms with E-state index in [2.05, 4.69) is 15.6 Å². The number of benzene rings is 1. The van der Waals surface area contributed by atoms with Crippen LogP contribution < -0.4 is 5.32 Å². The maximum Gasteiger partial charge on any atom is 0.437 e. The van der Waals surface area contributed by atoms with Crippen LogP contribution >= 0.6 is 11.6 Å². The van der Waals surface area contributed by atoms with Crippen LogP contribution in [0.1, 0.15) is 40.2 Å². The van der Waals surface area contributed by atoms with Gasteiger partial charge in [-0.15, -0.1) is 4.68 Å². The second kappa shape index (κ2) is 9.70. The number of oxime groups is 1. The molecule has 0 bridgehead atoms. The molecule has 1 aromatic carbocycles. The molecule has 0 aliphatic rings. The molecule has 0 unspecified atom stereocenters. The molecule has 0 radical (unpaired) electrons. The van der Waals surface area contributed by atoms with Gasteiger partial charge in [-0.3, -0.25) is 4.79 Å². The number of aromatic nitrogens is 2. The van der Waals surface area contributed by atoms with E-state index in [0.717, 1.165) is 10.9 Å². The highest BCUT2D eigenvalue weighted by molar-refractivity contribution is 7.90. The van der Waals surface area contributed by atoms with Gasteiger partial charge in [0, 0.05) is 17.9 Å². The van der Waals surface area contributed by atoms with Crippen LogP contribution in [0.2, 0.25) is 5.02 Å². The van der Waals surface area contributed by atoms with Gasteiger partial charge in [-0.05, 0) is 46.8 Å². The van der Waals surface area contributed by atoms with E-state index in [0.29, 0.717) is 0 Å². The van der Waals surface area contributed by atoms with Crippen LogP contribution in [0.4, 0.5) is 10.6 Å². The quantitative estimate of drug-likeness (QED) is 0.490. The number of hydrogen-bond donors (Lipinski definition) is 1. The average Bonchev–Trinajstić information content (AvgIpc) is 3.07. The van der Waals surface area contributed by atoms with Gasteiger partial charge in [-0.1, -0.05) is 22.8 Å². The van der Waals surface area contributed by atoms with Crippen LogP contribution in [0.3, 0.4) is 0 Å². The SMILES string of the molecule is CC(C)ON=C(C(=O)Nc1ccnn1C(=O)OC(C)(C)C)c1ccc(S(C)(=O)=O)c(Cl)c1. The van der Waals surface area contributed by atoms with E-state index >= 15 is 0 Å². The van der Waals surface area contributed by atoms with Crippen molar-refractivity contribution in [3.05, 3.63) is 41.0 Å². The fourth-order valence-electron chi connectivity index (χ4n) is 2.36. The van der Waals surface area contributed by atoms with E-state index in [-0.39, 0.29) is 33.1 Å². The van der Waals surface area contributed by atoms with Crippen molar-refractivity contribution in [1.82, 2.24) is 9.78 Å². The monoisotopic (exact) mass is 484 g/mol. The van der Waals surface area contributed by atoms with Crippen molar-refractivity contribution in [3.63, 3.8) is 0 Å². The second-order valence-electron chi connectivity index (χ2n) is 8.07. The predicted octanol–water partition coefficient (Wildman–Crippen LogP) is 3.49. The summed E-state index contributed by atoms with van der Waals surface area (Å²) >= 11 is 6.11. The number of anilines is 1. The molecule has 1 amide bonds. The molecule has 0 spiro atoms. The topological polar surface area (TPSA) is 129 Å². The van der Waals surface area contributed by atoms with E-state index in [1.807, 2.05) is 0 Å². The van der Waals surface area contributed by atoms with Crippen molar-refractivity contribution < 1.29 is 27.6 Å². The maximum atomic E-state index is 13.0. The lowest BCUT2D eigenvalue weighted by Gasteiger charge is -2.19. The zero-order valence-corrected chi connectivity index (χ0v) is 20.1. The Morgan fingerprint density at radius 1 is 1.22 bits per heavy atom. The zero-order valence-electron chi connectivity index (χ0n) is 18.5. The number of rotatable bonds is 6. The van der Waals surface area contributed by atoms with Crippen molar-refractivity contribution in [2.24, 2.45) is 5.16 Å². The third-order valence-electron chi connectivity index (χ3n) is 3.63. The number of nitrogens with zero attached hydrogens (tertiary/aromatic N) is 3. The Morgan fingerprint density at radius 2 is 1.88 bits per heavy atom. The minimum atomic E-state index is -3.56. The van der Waals surface area contributed by atoms with Crippen molar-refractivity contribution in [2.45, 2.75) is 51.2 Å². The fourth-order valence-corrected chi connectivity index (χ4v) is 3.69. The highest BCUT2D eigenvalue weighted by Crippen LogP contribution is 2.23. The molecule has 1 heterocycles. The summed E-state index contributed by atoms with van der Waals surface area (Å²) in [6, 6.07) is 5.36. The lowest BCUT2D eigenvalue weighted by Crippen LogP contribution is -2.31. The molecule has 12 heteroatoms. The molecule has 32 heavy (non-hydrogen) atoms. The number of amides is 1. The summed E-state index contributed by atoms with van der Waals surface area (Å²) in [5.74, 6) is -0.695. The van der Waals surface area contributed by atoms with Crippen LogP contribution in [0.25, 0.3) is 0 Å². The van der Waals surface area contributed by atoms with Gasteiger partial charge in [0.15, 0.2) is 15.5 Å². The van der Waals surface area contributed by atoms with Crippen molar-refractivity contribution in [3.8, 4) is 0 Å². The van der Waals surface area contributed by atoms with Gasteiger partial charge >= 0.3 is 6.09 Å². The van der Waals surface area contributed by atoms with Crippen LogP contribution in [-0.4, -0.2) is 53.9 Å². The van der Waals surface area contributed by atoms with Crippen LogP contribution in [0.5, 0.6) is 0 Å². The second-order valence-corrected chi connectivity index (χ2v) is 10.5. The number of sulfone groups is 1. The molecule has 10 nitrogen and oxygen atoms in total. The molecule has 0 fully saturated rings. The highest BCUT2D eigenvalue weighted by atomic mass is 35.5. The Bertz CT molecular complexity index is 1150. The van der Waals surface area contributed by atoms with Gasteiger partial charge in [-0.2, -0.15) is 5.10 Å². The molecular formula is C20H25ClN4O6S. The van der Waals surface area contributed by atoms with Crippen LogP contribution in [0.15, 0.2) is 40.5 Å². The average molecular weight is 485 g/mol. The Kier molecular flexibility index (Phi) is 7.68. The first kappa shape index (κ1) is 25.3. The predicted molar refractivity (Wildman–Crippen MR) is 120 cm³/mol. The summed E-state index contributed by atoms with van der Waals surface area (Å²) < 4.78 is 29.8. The molecule has 2 rings (SSSR count). The molecule has 0 saturated carbocycles. The van der Waals surface area contributed by atoms with Gasteiger partial charge in [0.25, 0.3) is 5.91 Å². The first-order valence-corrected chi connectivity index (χ1v) is 11.8. The largest absolute Gasteiger partial charge is 0.442 e. The van der Waals surface area contributed by atoms with Gasteiger partial charge in [0.1, 0.15) is 17.5 Å². The molecule has 0 aliphatic heterocycles. The minimum Gasteiger partial charge on any atom is -0.442 e. The Balaban J connectivity index is 2.39. The Hall–Kier alpha value is -2.92. The van der Waals surface area contributed by atoms with Gasteiger partial charge in [0.05, 0.1) is 16.1 Å². The van der Waals surface area contributed by atoms with E-state index in [1.54, 1.807) is 34.6 Å². The lowest BCUT2D eigenvalue weighted by molar-refractivity contribution is -0.110. The first-order chi connectivity index (χ1) is 14.7. The number of carbonyl (C=O) groups is 2. The number of nitrogens with one attached hydrogen (secondary N) is 1. The minimum absolute atomic E-state index is 0.0420. The molecule has 2 aromatic rings. The Labute approximate surface area is 191 Å². The number of carbonyl (C=O) groups excluding carboxylic acids is 2. The van der Waals surface area contributed by atoms with Crippen molar-refractivity contribution in [2.75, 3.05) is 11.6 Å². The van der Waals surface area contributed by atoms with Crippen molar-refractivity contribution in [1.29, 1.82) is 0 Å². The highest BCUT2D eigenvalue weighted by Gasteiger charge is 2.24. The van der Waals surface area contributed by atoms with E-state index in [9.17, 15) is 18.0 Å². The van der Waals surface area contributed by atoms with Gasteiger partial charge in [-0.25, -0.2) is 13.2 Å². The van der Waals surface area contributed by atoms with Crippen LogP contribution in [-0.2, 0) is 24.2 Å². The summed E-state index contributed by atoms with van der Waals surface area (Å²) in [5, 5.41) is 10.2. The Morgan fingerprint density at radius 3 is 2.41 bits per heavy atom. The van der Waals surface area contributed by atoms with Crippen LogP contribution in [0, 0.1) is 0 Å². The lowest BCUT2D eigenvalue weighted by atomic mass is 10.1. The molecule has 0 aliphatic carbocycles. The number of hydrogen-bond acceptors (Lipinski definition) is 8. The summed E-state index contributed by atoms with van der Waals surface area (Å²) in [6.07, 6.45) is 1.22. The smallest absolute Gasteiger partial charge is 0.437 e. The van der Waals surface area contributed by atoms with E-state index in [4.69, 9.17) is 21.2 Å². The third kappa shape index (κ3) is 6.79.